The average Bonchev–Trinajstić information content (AvgIpc) is 3.26. The number of nitrogens with zero attached hydrogens (tertiary/aromatic N) is 4. The maximum absolute atomic E-state index is 14.3. The highest BCUT2D eigenvalue weighted by molar-refractivity contribution is 7.90. The fourth-order valence-electron chi connectivity index (χ4n) is 3.21. The minimum absolute atomic E-state index is 0.00797. The number of ether oxygens (including phenoxy) is 2. The first kappa shape index (κ1) is 22.3. The van der Waals surface area contributed by atoms with E-state index in [1.54, 1.807) is 6.07 Å². The lowest BCUT2D eigenvalue weighted by Crippen LogP contribution is -2.00. The predicted molar refractivity (Wildman–Crippen MR) is 121 cm³/mol. The molecular weight excluding hydrogens is 480 g/mol. The van der Waals surface area contributed by atoms with Crippen molar-refractivity contribution >= 4 is 20.9 Å². The number of hydrogen-bond donors (Lipinski definition) is 1. The summed E-state index contributed by atoms with van der Waals surface area (Å²) in [6, 6.07) is 9.10. The van der Waals surface area contributed by atoms with E-state index in [1.165, 1.54) is 49.1 Å². The van der Waals surface area contributed by atoms with Gasteiger partial charge in [-0.1, -0.05) is 6.07 Å². The number of rotatable bonds is 6. The van der Waals surface area contributed by atoms with Gasteiger partial charge in [-0.2, -0.15) is 0 Å². The zero-order valence-corrected chi connectivity index (χ0v) is 18.8. The summed E-state index contributed by atoms with van der Waals surface area (Å²) in [6.07, 6.45) is 6.80. The van der Waals surface area contributed by atoms with Crippen LogP contribution in [0.15, 0.2) is 72.3 Å². The van der Waals surface area contributed by atoms with Crippen LogP contribution >= 0.6 is 0 Å². The number of benzene rings is 2. The molecule has 0 saturated carbocycles. The Hall–Kier alpha value is -4.45. The Morgan fingerprint density at radius 3 is 2.37 bits per heavy atom. The van der Waals surface area contributed by atoms with Crippen molar-refractivity contribution in [3.8, 4) is 34.5 Å². The zero-order valence-electron chi connectivity index (χ0n) is 17.9. The second-order valence-electron chi connectivity index (χ2n) is 7.35. The molecule has 0 spiro atoms. The third-order valence-electron chi connectivity index (χ3n) is 4.79. The first-order valence-corrected chi connectivity index (χ1v) is 11.9. The zero-order chi connectivity index (χ0) is 24.6. The molecular formula is C23H15F2N5O4S. The highest BCUT2D eigenvalue weighted by atomic mass is 32.2. The molecule has 0 aliphatic rings. The minimum Gasteiger partial charge on any atom is -0.456 e. The molecule has 9 nitrogen and oxygen atoms in total. The topological polar surface area (TPSA) is 120 Å². The number of aromatic amines is 1. The number of halogens is 2. The molecule has 1 N–H and O–H groups in total. The Morgan fingerprint density at radius 2 is 1.71 bits per heavy atom. The van der Waals surface area contributed by atoms with Crippen LogP contribution in [-0.4, -0.2) is 39.6 Å². The van der Waals surface area contributed by atoms with E-state index in [1.807, 2.05) is 0 Å². The molecule has 0 atom stereocenters. The number of aromatic nitrogens is 5. The van der Waals surface area contributed by atoms with E-state index in [9.17, 15) is 17.2 Å². The summed E-state index contributed by atoms with van der Waals surface area (Å²) in [5.41, 5.74) is 1.14. The van der Waals surface area contributed by atoms with Crippen molar-refractivity contribution in [2.45, 2.75) is 5.03 Å². The Balaban J connectivity index is 1.59. The quantitative estimate of drug-likeness (QED) is 0.361. The van der Waals surface area contributed by atoms with Crippen molar-refractivity contribution in [1.29, 1.82) is 0 Å². The molecule has 0 bridgehead atoms. The molecule has 0 aliphatic carbocycles. The van der Waals surface area contributed by atoms with Crippen LogP contribution in [-0.2, 0) is 9.84 Å². The van der Waals surface area contributed by atoms with Crippen LogP contribution in [0.5, 0.6) is 23.0 Å². The number of para-hydroxylation sites is 1. The Bertz CT molecular complexity index is 1620. The first-order chi connectivity index (χ1) is 16.8. The molecule has 2 aromatic carbocycles. The highest BCUT2D eigenvalue weighted by Gasteiger charge is 2.18. The highest BCUT2D eigenvalue weighted by Crippen LogP contribution is 2.37. The summed E-state index contributed by atoms with van der Waals surface area (Å²) in [7, 11) is -3.48. The van der Waals surface area contributed by atoms with Gasteiger partial charge in [0.2, 0.25) is 0 Å². The monoisotopic (exact) mass is 495 g/mol. The molecule has 0 fully saturated rings. The molecule has 176 valence electrons. The number of H-pyrrole nitrogens is 1. The van der Waals surface area contributed by atoms with Crippen LogP contribution in [0.4, 0.5) is 8.78 Å². The van der Waals surface area contributed by atoms with E-state index in [4.69, 9.17) is 9.47 Å². The molecule has 35 heavy (non-hydrogen) atoms. The second-order valence-corrected chi connectivity index (χ2v) is 9.32. The SMILES string of the molecule is CS(=O)(=O)c1ccc(Oc2cc(Oc3c(F)cccc3F)c3nc(-c4cnccn4)[nH]c3c2)cn1. The van der Waals surface area contributed by atoms with Crippen molar-refractivity contribution in [1.82, 2.24) is 24.9 Å². The van der Waals surface area contributed by atoms with E-state index < -0.39 is 27.2 Å². The van der Waals surface area contributed by atoms with Crippen LogP contribution in [0, 0.1) is 11.6 Å². The van der Waals surface area contributed by atoms with E-state index in [2.05, 4.69) is 24.9 Å². The molecule has 5 rings (SSSR count). The van der Waals surface area contributed by atoms with Crippen molar-refractivity contribution in [3.05, 3.63) is 78.9 Å². The molecule has 0 unspecified atom stereocenters. The number of fused-ring (bicyclic) bond motifs is 1. The predicted octanol–water partition coefficient (Wildman–Crippen LogP) is 4.68. The number of pyridine rings is 1. The Morgan fingerprint density at radius 1 is 0.914 bits per heavy atom. The molecule has 3 heterocycles. The van der Waals surface area contributed by atoms with Gasteiger partial charge >= 0.3 is 0 Å². The second kappa shape index (κ2) is 8.72. The largest absolute Gasteiger partial charge is 0.456 e. The molecule has 3 aromatic heterocycles. The average molecular weight is 495 g/mol. The summed E-state index contributed by atoms with van der Waals surface area (Å²) >= 11 is 0. The third kappa shape index (κ3) is 4.64. The van der Waals surface area contributed by atoms with E-state index >= 15 is 0 Å². The van der Waals surface area contributed by atoms with Gasteiger partial charge in [-0.05, 0) is 24.3 Å². The van der Waals surface area contributed by atoms with Crippen LogP contribution in [0.25, 0.3) is 22.6 Å². The van der Waals surface area contributed by atoms with Gasteiger partial charge in [-0.25, -0.2) is 32.2 Å². The lowest BCUT2D eigenvalue weighted by atomic mass is 10.2. The molecule has 12 heteroatoms. The van der Waals surface area contributed by atoms with Gasteiger partial charge in [0.15, 0.2) is 43.8 Å². The van der Waals surface area contributed by atoms with Gasteiger partial charge in [-0.15, -0.1) is 0 Å². The maximum atomic E-state index is 14.3. The van der Waals surface area contributed by atoms with Gasteiger partial charge in [-0.3, -0.25) is 4.98 Å². The first-order valence-electron chi connectivity index (χ1n) is 10.0. The summed E-state index contributed by atoms with van der Waals surface area (Å²) < 4.78 is 63.3. The van der Waals surface area contributed by atoms with Gasteiger partial charge in [0.25, 0.3) is 0 Å². The number of hydrogen-bond acceptors (Lipinski definition) is 8. The standard InChI is InChI=1S/C23H15F2N5O4S/c1-35(31,32)20-6-5-13(11-28-20)33-14-9-17-21(30-23(29-17)18-12-26-7-8-27-18)19(10-14)34-22-15(24)3-2-4-16(22)25/h2-12H,1H3,(H,29,30). The van der Waals surface area contributed by atoms with E-state index in [0.717, 1.165) is 18.4 Å². The normalized spacial score (nSPS) is 11.5. The third-order valence-corrected chi connectivity index (χ3v) is 5.79. The molecule has 0 radical (unpaired) electrons. The fraction of sp³-hybridized carbons (Fsp3) is 0.0435. The van der Waals surface area contributed by atoms with Gasteiger partial charge in [0, 0.05) is 30.8 Å². The lowest BCUT2D eigenvalue weighted by Gasteiger charge is -2.11. The number of sulfone groups is 1. The lowest BCUT2D eigenvalue weighted by molar-refractivity contribution is 0.406. The van der Waals surface area contributed by atoms with Gasteiger partial charge in [0.1, 0.15) is 22.7 Å². The van der Waals surface area contributed by atoms with Gasteiger partial charge < -0.3 is 14.5 Å². The van der Waals surface area contributed by atoms with Crippen molar-refractivity contribution in [2.24, 2.45) is 0 Å². The van der Waals surface area contributed by atoms with E-state index in [-0.39, 0.29) is 27.8 Å². The van der Waals surface area contributed by atoms with Crippen LogP contribution < -0.4 is 9.47 Å². The number of imidazole rings is 1. The van der Waals surface area contributed by atoms with Crippen LogP contribution in [0.2, 0.25) is 0 Å². The summed E-state index contributed by atoms with van der Waals surface area (Å²) in [4.78, 5) is 19.6. The Labute approximate surface area is 197 Å². The molecule has 0 saturated heterocycles. The summed E-state index contributed by atoms with van der Waals surface area (Å²) in [5, 5.41) is -0.110. The van der Waals surface area contributed by atoms with E-state index in [0.29, 0.717) is 17.0 Å². The van der Waals surface area contributed by atoms with Gasteiger partial charge in [0.05, 0.1) is 17.9 Å². The Kier molecular flexibility index (Phi) is 5.57. The van der Waals surface area contributed by atoms with Crippen molar-refractivity contribution in [3.63, 3.8) is 0 Å². The van der Waals surface area contributed by atoms with Crippen LogP contribution in [0.3, 0.4) is 0 Å². The summed E-state index contributed by atoms with van der Waals surface area (Å²) in [6.45, 7) is 0. The number of nitrogens with one attached hydrogen (secondary N) is 1. The smallest absolute Gasteiger partial charge is 0.198 e. The molecule has 0 amide bonds. The van der Waals surface area contributed by atoms with Crippen molar-refractivity contribution < 1.29 is 26.7 Å². The van der Waals surface area contributed by atoms with Crippen LogP contribution in [0.1, 0.15) is 0 Å². The molecule has 5 aromatic rings. The fourth-order valence-corrected chi connectivity index (χ4v) is 3.77. The minimum atomic E-state index is -3.48. The summed E-state index contributed by atoms with van der Waals surface area (Å²) in [5.74, 6) is -1.59. The van der Waals surface area contributed by atoms with Crippen molar-refractivity contribution in [2.75, 3.05) is 6.26 Å². The molecule has 0 aliphatic heterocycles. The maximum Gasteiger partial charge on any atom is 0.198 e.